The van der Waals surface area contributed by atoms with Gasteiger partial charge in [-0.3, -0.25) is 14.4 Å². The van der Waals surface area contributed by atoms with Gasteiger partial charge in [0.2, 0.25) is 11.7 Å². The molecule has 4 rings (SSSR count). The number of nitrogens with zero attached hydrogens (tertiary/aromatic N) is 1. The highest BCUT2D eigenvalue weighted by molar-refractivity contribution is 6.36. The van der Waals surface area contributed by atoms with Gasteiger partial charge in [-0.1, -0.05) is 93.2 Å². The molecule has 1 heterocycles. The summed E-state index contributed by atoms with van der Waals surface area (Å²) >= 11 is 0. The summed E-state index contributed by atoms with van der Waals surface area (Å²) in [7, 11) is 0. The third-order valence-corrected chi connectivity index (χ3v) is 9.92. The summed E-state index contributed by atoms with van der Waals surface area (Å²) in [4.78, 5) is 39.1. The largest absolute Gasteiger partial charge is 0.379 e. The van der Waals surface area contributed by atoms with E-state index in [4.69, 9.17) is 5.73 Å². The Morgan fingerprint density at radius 3 is 2.12 bits per heavy atom. The Bertz CT molecular complexity index is 955. The summed E-state index contributed by atoms with van der Waals surface area (Å²) in [6.45, 7) is 22.4. The molecule has 7 heteroatoms. The number of nitrogens with two attached hydrogens (primary N) is 1. The van der Waals surface area contributed by atoms with E-state index in [0.717, 1.165) is 50.1 Å². The highest BCUT2D eigenvalue weighted by Crippen LogP contribution is 2.65. The predicted octanol–water partition coefficient (Wildman–Crippen LogP) is 5.31. The van der Waals surface area contributed by atoms with Crippen LogP contribution in [0.5, 0.6) is 0 Å². The van der Waals surface area contributed by atoms with E-state index in [9.17, 15) is 14.4 Å². The van der Waals surface area contributed by atoms with E-state index in [2.05, 4.69) is 65.3 Å². The lowest BCUT2D eigenvalue weighted by atomic mass is 9.82. The van der Waals surface area contributed by atoms with Gasteiger partial charge in [-0.25, -0.2) is 0 Å². The van der Waals surface area contributed by atoms with E-state index in [1.807, 2.05) is 4.90 Å². The van der Waals surface area contributed by atoms with Crippen molar-refractivity contribution in [3.8, 4) is 0 Å². The quantitative estimate of drug-likeness (QED) is 0.299. The minimum absolute atomic E-state index is 0.103. The number of carbonyl (C=O) groups excluding carboxylic acids is 3. The van der Waals surface area contributed by atoms with Crippen molar-refractivity contribution in [1.29, 1.82) is 0 Å². The molecule has 0 aromatic rings. The maximum absolute atomic E-state index is 14.1. The lowest BCUT2D eigenvalue weighted by Gasteiger charge is -2.39. The molecular weight excluding hydrogens is 500 g/mol. The Hall–Kier alpha value is -2.31. The number of ketones is 1. The van der Waals surface area contributed by atoms with Gasteiger partial charge >= 0.3 is 0 Å². The summed E-state index contributed by atoms with van der Waals surface area (Å²) in [6, 6.07) is -0.509. The molecule has 4 aliphatic rings. The zero-order chi connectivity index (χ0) is 29.8. The smallest absolute Gasteiger partial charge is 0.286 e. The highest BCUT2D eigenvalue weighted by atomic mass is 16.2. The standard InChI is InChI=1S/C28H46N4O3.C5H10/c1-17(13-14-27(3,4)5)31-23(19-11-9-8-10-12-19)26(35)32-16-20-22(28(20,6)7)24(32)18(2)30-15-21(33)25(29)34;1-5-3-2-4-5/h19-20,22-24,30-31H,1-2,8-16H2,3-7H3,(H2,29,34);5H,2-4H2,1H3. The number of piperidine rings is 1. The van der Waals surface area contributed by atoms with E-state index >= 15 is 0 Å². The van der Waals surface area contributed by atoms with Gasteiger partial charge < -0.3 is 21.3 Å². The number of Topliss-reactive ketones (excluding diaryl/α,β-unsaturated/α-hetero) is 1. The van der Waals surface area contributed by atoms with E-state index < -0.39 is 11.7 Å². The molecule has 7 nitrogen and oxygen atoms in total. The molecule has 3 aliphatic carbocycles. The van der Waals surface area contributed by atoms with Gasteiger partial charge in [-0.2, -0.15) is 0 Å². The fourth-order valence-electron chi connectivity index (χ4n) is 6.76. The van der Waals surface area contributed by atoms with Gasteiger partial charge in [0.25, 0.3) is 5.91 Å². The maximum atomic E-state index is 14.1. The molecule has 40 heavy (non-hydrogen) atoms. The Labute approximate surface area is 243 Å². The summed E-state index contributed by atoms with van der Waals surface area (Å²) in [5.41, 5.74) is 6.96. The molecule has 1 aliphatic heterocycles. The van der Waals surface area contributed by atoms with Crippen LogP contribution in [0.25, 0.3) is 0 Å². The van der Waals surface area contributed by atoms with Crippen LogP contribution in [-0.2, 0) is 14.4 Å². The first-order valence-electron chi connectivity index (χ1n) is 15.6. The van der Waals surface area contributed by atoms with E-state index in [0.29, 0.717) is 18.2 Å². The number of hydrogen-bond acceptors (Lipinski definition) is 5. The van der Waals surface area contributed by atoms with Crippen molar-refractivity contribution in [1.82, 2.24) is 15.5 Å². The molecule has 4 fully saturated rings. The molecule has 0 radical (unpaired) electrons. The summed E-state index contributed by atoms with van der Waals surface area (Å²) in [5.74, 6) is 0.478. The average Bonchev–Trinajstić information content (AvgIpc) is 3.20. The molecule has 2 amide bonds. The van der Waals surface area contributed by atoms with Crippen LogP contribution in [0.3, 0.4) is 0 Å². The van der Waals surface area contributed by atoms with Crippen LogP contribution in [0.2, 0.25) is 0 Å². The first-order valence-corrected chi connectivity index (χ1v) is 15.6. The predicted molar refractivity (Wildman–Crippen MR) is 162 cm³/mol. The van der Waals surface area contributed by atoms with Gasteiger partial charge in [0, 0.05) is 17.9 Å². The molecule has 3 saturated carbocycles. The molecule has 4 atom stereocenters. The first kappa shape index (κ1) is 32.2. The van der Waals surface area contributed by atoms with Crippen molar-refractivity contribution in [3.63, 3.8) is 0 Å². The zero-order valence-corrected chi connectivity index (χ0v) is 26.1. The number of fused-ring (bicyclic) bond motifs is 1. The summed E-state index contributed by atoms with van der Waals surface area (Å²) in [6.07, 6.45) is 11.9. The molecule has 0 bridgehead atoms. The SMILES string of the molecule is C=C(CCC(C)(C)C)NC(C(=O)N1CC2C(C1C(=C)NCC(=O)C(N)=O)C2(C)C)C1CCCCC1.CC1CCC1. The number of likely N-dealkylation sites (tertiary alicyclic amines) is 1. The molecule has 226 valence electrons. The molecule has 0 spiro atoms. The van der Waals surface area contributed by atoms with Crippen LogP contribution in [0, 0.1) is 34.5 Å². The lowest BCUT2D eigenvalue weighted by Crippen LogP contribution is -2.54. The highest BCUT2D eigenvalue weighted by Gasteiger charge is 2.68. The number of allylic oxidation sites excluding steroid dienone is 1. The topological polar surface area (TPSA) is 105 Å². The maximum Gasteiger partial charge on any atom is 0.286 e. The minimum Gasteiger partial charge on any atom is -0.379 e. The third-order valence-electron chi connectivity index (χ3n) is 9.92. The second-order valence-corrected chi connectivity index (χ2v) is 14.8. The van der Waals surface area contributed by atoms with Crippen molar-refractivity contribution in [2.24, 2.45) is 40.2 Å². The lowest BCUT2D eigenvalue weighted by molar-refractivity contribution is -0.136. The van der Waals surface area contributed by atoms with Crippen molar-refractivity contribution < 1.29 is 14.4 Å². The fourth-order valence-corrected chi connectivity index (χ4v) is 6.76. The Morgan fingerprint density at radius 1 is 1.02 bits per heavy atom. The van der Waals surface area contributed by atoms with Crippen molar-refractivity contribution >= 4 is 17.6 Å². The summed E-state index contributed by atoms with van der Waals surface area (Å²) in [5, 5.41) is 6.56. The van der Waals surface area contributed by atoms with Gasteiger partial charge in [0.1, 0.15) is 6.04 Å². The average molecular weight is 557 g/mol. The molecular formula is C33H56N4O3. The Kier molecular flexibility index (Phi) is 10.6. The van der Waals surface area contributed by atoms with Crippen LogP contribution in [0.4, 0.5) is 0 Å². The molecule has 1 saturated heterocycles. The number of carbonyl (C=O) groups is 3. The number of primary amides is 1. The molecule has 4 unspecified atom stereocenters. The van der Waals surface area contributed by atoms with Crippen LogP contribution in [0.1, 0.15) is 106 Å². The first-order chi connectivity index (χ1) is 18.6. The normalized spacial score (nSPS) is 26.4. The summed E-state index contributed by atoms with van der Waals surface area (Å²) < 4.78 is 0. The molecule has 0 aromatic carbocycles. The monoisotopic (exact) mass is 556 g/mol. The number of rotatable bonds is 11. The second kappa shape index (κ2) is 13.1. The minimum atomic E-state index is -0.968. The van der Waals surface area contributed by atoms with Crippen LogP contribution >= 0.6 is 0 Å². The molecule has 4 N–H and O–H groups in total. The zero-order valence-electron chi connectivity index (χ0n) is 26.1. The number of hydrogen-bond donors (Lipinski definition) is 3. The number of nitrogens with one attached hydrogen (secondary N) is 2. The fraction of sp³-hybridized carbons (Fsp3) is 0.788. The van der Waals surface area contributed by atoms with E-state index in [1.165, 1.54) is 25.7 Å². The van der Waals surface area contributed by atoms with Gasteiger partial charge in [0.05, 0.1) is 12.6 Å². The van der Waals surface area contributed by atoms with Crippen molar-refractivity contribution in [3.05, 3.63) is 24.6 Å². The Balaban J connectivity index is 0.000000792. The van der Waals surface area contributed by atoms with Gasteiger partial charge in [-0.05, 0) is 60.2 Å². The van der Waals surface area contributed by atoms with E-state index in [-0.39, 0.29) is 47.2 Å². The Morgan fingerprint density at radius 2 is 1.62 bits per heavy atom. The second-order valence-electron chi connectivity index (χ2n) is 14.8. The number of amides is 2. The third kappa shape index (κ3) is 8.13. The van der Waals surface area contributed by atoms with Crippen LogP contribution in [-0.4, -0.2) is 47.7 Å². The van der Waals surface area contributed by atoms with Gasteiger partial charge in [0.15, 0.2) is 0 Å². The van der Waals surface area contributed by atoms with Crippen LogP contribution < -0.4 is 16.4 Å². The van der Waals surface area contributed by atoms with Gasteiger partial charge in [-0.15, -0.1) is 0 Å². The van der Waals surface area contributed by atoms with Crippen LogP contribution in [0.15, 0.2) is 24.6 Å². The van der Waals surface area contributed by atoms with Crippen molar-refractivity contribution in [2.75, 3.05) is 13.1 Å². The van der Waals surface area contributed by atoms with E-state index in [1.54, 1.807) is 0 Å². The van der Waals surface area contributed by atoms with Crippen molar-refractivity contribution in [2.45, 2.75) is 118 Å². The molecule has 0 aromatic heterocycles.